The highest BCUT2D eigenvalue weighted by molar-refractivity contribution is 5.98. The van der Waals surface area contributed by atoms with Crippen molar-refractivity contribution < 1.29 is 14.3 Å². The van der Waals surface area contributed by atoms with E-state index in [1.165, 1.54) is 0 Å². The number of benzene rings is 3. The molecule has 5 aromatic rings. The third kappa shape index (κ3) is 7.37. The maximum Gasteiger partial charge on any atom is 0.407 e. The molecule has 0 saturated heterocycles. The van der Waals surface area contributed by atoms with Gasteiger partial charge in [0.1, 0.15) is 0 Å². The van der Waals surface area contributed by atoms with E-state index in [1.54, 1.807) is 24.7 Å². The Bertz CT molecular complexity index is 1640. The van der Waals surface area contributed by atoms with Crippen molar-refractivity contribution in [2.45, 2.75) is 39.3 Å². The van der Waals surface area contributed by atoms with Crippen LogP contribution in [0.2, 0.25) is 0 Å². The van der Waals surface area contributed by atoms with Crippen LogP contribution < -0.4 is 10.6 Å². The number of aromatic nitrogens is 4. The highest BCUT2D eigenvalue weighted by Crippen LogP contribution is 2.31. The molecule has 2 aromatic heterocycles. The van der Waals surface area contributed by atoms with Crippen LogP contribution in [0.3, 0.4) is 0 Å². The quantitative estimate of drug-likeness (QED) is 0.180. The summed E-state index contributed by atoms with van der Waals surface area (Å²) in [4.78, 5) is 39.0. The molecule has 5 rings (SSSR count). The first-order valence-corrected chi connectivity index (χ1v) is 14.2. The topological polar surface area (TPSA) is 111 Å². The number of fused-ring (bicyclic) bond motifs is 1. The summed E-state index contributed by atoms with van der Waals surface area (Å²) in [5, 5.41) is 5.81. The third-order valence-electron chi connectivity index (χ3n) is 6.78. The fourth-order valence-corrected chi connectivity index (χ4v) is 4.54. The zero-order valence-corrected chi connectivity index (χ0v) is 23.6. The standard InChI is InChI=1S/C33H34N6O3/c1-2-3-19-42-33(41)36-22-24-9-7-12-26(20-24)31-30(25-10-5-4-6-11-25)37-28-14-13-27(21-29(28)38-31)32(40)35-15-8-17-39-18-16-34-23-39/h4-7,9-14,16,18,20-21,23H,2-3,8,15,17,19,22H2,1H3,(H,35,40)(H,36,41). The Morgan fingerprint density at radius 3 is 2.48 bits per heavy atom. The van der Waals surface area contributed by atoms with E-state index in [0.29, 0.717) is 42.0 Å². The monoisotopic (exact) mass is 562 g/mol. The van der Waals surface area contributed by atoms with Crippen LogP contribution in [0.5, 0.6) is 0 Å². The Morgan fingerprint density at radius 1 is 0.857 bits per heavy atom. The number of nitrogens with one attached hydrogen (secondary N) is 2. The third-order valence-corrected chi connectivity index (χ3v) is 6.78. The number of rotatable bonds is 12. The van der Waals surface area contributed by atoms with Crippen molar-refractivity contribution in [2.75, 3.05) is 13.2 Å². The van der Waals surface area contributed by atoms with Gasteiger partial charge in [-0.25, -0.2) is 19.7 Å². The van der Waals surface area contributed by atoms with Crippen LogP contribution in [0.15, 0.2) is 91.5 Å². The molecule has 2 heterocycles. The number of unbranched alkanes of at least 4 members (excludes halogenated alkanes) is 1. The minimum Gasteiger partial charge on any atom is -0.450 e. The second kappa shape index (κ2) is 14.0. The van der Waals surface area contributed by atoms with Crippen molar-refractivity contribution in [1.29, 1.82) is 0 Å². The lowest BCUT2D eigenvalue weighted by molar-refractivity contribution is 0.0952. The van der Waals surface area contributed by atoms with E-state index in [4.69, 9.17) is 14.7 Å². The van der Waals surface area contributed by atoms with Gasteiger partial charge in [-0.1, -0.05) is 61.9 Å². The lowest BCUT2D eigenvalue weighted by Gasteiger charge is -2.13. The van der Waals surface area contributed by atoms with Gasteiger partial charge < -0.3 is 19.9 Å². The fraction of sp³-hybridized carbons (Fsp3) is 0.242. The number of aryl methyl sites for hydroxylation is 1. The molecule has 0 saturated carbocycles. The average molecular weight is 563 g/mol. The molecular weight excluding hydrogens is 528 g/mol. The van der Waals surface area contributed by atoms with Gasteiger partial charge >= 0.3 is 6.09 Å². The molecule has 0 spiro atoms. The van der Waals surface area contributed by atoms with E-state index < -0.39 is 6.09 Å². The summed E-state index contributed by atoms with van der Waals surface area (Å²) in [6, 6.07) is 23.1. The predicted molar refractivity (Wildman–Crippen MR) is 163 cm³/mol. The Balaban J connectivity index is 1.39. The van der Waals surface area contributed by atoms with E-state index in [9.17, 15) is 9.59 Å². The Morgan fingerprint density at radius 2 is 1.67 bits per heavy atom. The number of nitrogens with zero attached hydrogens (tertiary/aromatic N) is 4. The minimum absolute atomic E-state index is 0.156. The summed E-state index contributed by atoms with van der Waals surface area (Å²) in [6.07, 6.45) is 7.57. The number of carbonyl (C=O) groups is 2. The van der Waals surface area contributed by atoms with Crippen molar-refractivity contribution in [1.82, 2.24) is 30.2 Å². The van der Waals surface area contributed by atoms with Gasteiger partial charge in [0.05, 0.1) is 35.4 Å². The molecule has 0 aliphatic heterocycles. The van der Waals surface area contributed by atoms with E-state index >= 15 is 0 Å². The lowest BCUT2D eigenvalue weighted by Crippen LogP contribution is -2.25. The molecule has 0 aliphatic rings. The SMILES string of the molecule is CCCCOC(=O)NCc1cccc(-c2nc3cc(C(=O)NCCCn4ccnc4)ccc3nc2-c2ccccc2)c1. The molecule has 0 radical (unpaired) electrons. The molecule has 42 heavy (non-hydrogen) atoms. The number of imidazole rings is 1. The molecule has 0 unspecified atom stereocenters. The summed E-state index contributed by atoms with van der Waals surface area (Å²) in [6.45, 7) is 4.11. The van der Waals surface area contributed by atoms with Gasteiger partial charge in [-0.05, 0) is 42.7 Å². The van der Waals surface area contributed by atoms with Gasteiger partial charge in [-0.2, -0.15) is 0 Å². The maximum absolute atomic E-state index is 12.9. The molecule has 9 nitrogen and oxygen atoms in total. The van der Waals surface area contributed by atoms with Crippen LogP contribution >= 0.6 is 0 Å². The number of hydrogen-bond acceptors (Lipinski definition) is 6. The van der Waals surface area contributed by atoms with Crippen LogP contribution in [0, 0.1) is 0 Å². The first-order chi connectivity index (χ1) is 20.6. The molecule has 0 bridgehead atoms. The summed E-state index contributed by atoms with van der Waals surface area (Å²) in [7, 11) is 0. The Labute approximate surface area is 245 Å². The smallest absolute Gasteiger partial charge is 0.407 e. The highest BCUT2D eigenvalue weighted by Gasteiger charge is 2.15. The summed E-state index contributed by atoms with van der Waals surface area (Å²) < 4.78 is 7.19. The molecular formula is C33H34N6O3. The first-order valence-electron chi connectivity index (χ1n) is 14.2. The fourth-order valence-electron chi connectivity index (χ4n) is 4.54. The molecule has 2 amide bonds. The minimum atomic E-state index is -0.433. The molecule has 0 fully saturated rings. The van der Waals surface area contributed by atoms with Crippen LogP contribution in [0.4, 0.5) is 4.79 Å². The molecule has 0 aliphatic carbocycles. The van der Waals surface area contributed by atoms with Gasteiger partial charge in [-0.15, -0.1) is 0 Å². The van der Waals surface area contributed by atoms with Crippen molar-refractivity contribution in [3.63, 3.8) is 0 Å². The average Bonchev–Trinajstić information content (AvgIpc) is 3.55. The van der Waals surface area contributed by atoms with Gasteiger partial charge in [0, 0.05) is 48.7 Å². The van der Waals surface area contributed by atoms with Crippen LogP contribution in [-0.2, 0) is 17.8 Å². The van der Waals surface area contributed by atoms with Crippen LogP contribution in [0.1, 0.15) is 42.1 Å². The highest BCUT2D eigenvalue weighted by atomic mass is 16.5. The summed E-state index contributed by atoms with van der Waals surface area (Å²) >= 11 is 0. The van der Waals surface area contributed by atoms with E-state index in [1.807, 2.05) is 78.4 Å². The van der Waals surface area contributed by atoms with Crippen LogP contribution in [-0.4, -0.2) is 44.7 Å². The molecule has 3 aromatic carbocycles. The second-order valence-electron chi connectivity index (χ2n) is 9.94. The van der Waals surface area contributed by atoms with Gasteiger partial charge in [0.25, 0.3) is 5.91 Å². The Kier molecular flexibility index (Phi) is 9.51. The van der Waals surface area contributed by atoms with Gasteiger partial charge in [-0.3, -0.25) is 4.79 Å². The zero-order valence-electron chi connectivity index (χ0n) is 23.6. The first kappa shape index (κ1) is 28.5. The van der Waals surface area contributed by atoms with Gasteiger partial charge in [0.15, 0.2) is 0 Å². The predicted octanol–water partition coefficient (Wildman–Crippen LogP) is 6.01. The van der Waals surface area contributed by atoms with Crippen LogP contribution in [0.25, 0.3) is 33.5 Å². The number of carbonyl (C=O) groups excluding carboxylic acids is 2. The van der Waals surface area contributed by atoms with E-state index in [2.05, 4.69) is 15.6 Å². The summed E-state index contributed by atoms with van der Waals surface area (Å²) in [5.41, 5.74) is 5.98. The normalized spacial score (nSPS) is 10.9. The largest absolute Gasteiger partial charge is 0.450 e. The number of ether oxygens (including phenoxy) is 1. The lowest BCUT2D eigenvalue weighted by atomic mass is 10.0. The number of alkyl carbamates (subject to hydrolysis) is 1. The van der Waals surface area contributed by atoms with E-state index in [0.717, 1.165) is 48.2 Å². The molecule has 0 atom stereocenters. The Hall–Kier alpha value is -5.05. The number of amides is 2. The van der Waals surface area contributed by atoms with Crippen molar-refractivity contribution in [3.05, 3.63) is 103 Å². The van der Waals surface area contributed by atoms with Crippen molar-refractivity contribution >= 4 is 23.0 Å². The zero-order chi connectivity index (χ0) is 29.1. The van der Waals surface area contributed by atoms with Crippen molar-refractivity contribution in [2.24, 2.45) is 0 Å². The maximum atomic E-state index is 12.9. The molecule has 214 valence electrons. The van der Waals surface area contributed by atoms with Crippen molar-refractivity contribution in [3.8, 4) is 22.5 Å². The second-order valence-corrected chi connectivity index (χ2v) is 9.94. The molecule has 9 heteroatoms. The van der Waals surface area contributed by atoms with Gasteiger partial charge in [0.2, 0.25) is 0 Å². The summed E-state index contributed by atoms with van der Waals surface area (Å²) in [5.74, 6) is -0.156. The van der Waals surface area contributed by atoms with E-state index in [-0.39, 0.29) is 5.91 Å². The number of hydrogen-bond donors (Lipinski definition) is 2. The molecule has 2 N–H and O–H groups in total.